The molecule has 0 atom stereocenters. The predicted molar refractivity (Wildman–Crippen MR) is 93.4 cm³/mol. The molecule has 128 valence electrons. The summed E-state index contributed by atoms with van der Waals surface area (Å²) in [6.45, 7) is 0.295. The van der Waals surface area contributed by atoms with Gasteiger partial charge in [-0.05, 0) is 29.8 Å². The van der Waals surface area contributed by atoms with Crippen LogP contribution in [-0.2, 0) is 24.8 Å². The molecule has 0 saturated carbocycles. The molecule has 0 spiro atoms. The van der Waals surface area contributed by atoms with E-state index in [-0.39, 0.29) is 22.9 Å². The number of halogens is 2. The SMILES string of the molecule is Cn1nccc1-c1cncc(CNC(=O)Cc2c(F)cccc2Cl)c1. The number of carbonyl (C=O) groups is 1. The monoisotopic (exact) mass is 358 g/mol. The van der Waals surface area contributed by atoms with Crippen molar-refractivity contribution in [3.05, 3.63) is 70.9 Å². The largest absolute Gasteiger partial charge is 0.352 e. The second kappa shape index (κ2) is 7.44. The van der Waals surface area contributed by atoms with E-state index < -0.39 is 5.82 Å². The van der Waals surface area contributed by atoms with Crippen LogP contribution in [0.3, 0.4) is 0 Å². The third-order valence-corrected chi connectivity index (χ3v) is 4.15. The second-order valence-electron chi connectivity index (χ2n) is 5.58. The lowest BCUT2D eigenvalue weighted by atomic mass is 10.1. The first-order valence-electron chi connectivity index (χ1n) is 7.66. The molecule has 0 aliphatic heterocycles. The lowest BCUT2D eigenvalue weighted by Crippen LogP contribution is -2.25. The quantitative estimate of drug-likeness (QED) is 0.762. The molecule has 0 fully saturated rings. The number of aryl methyl sites for hydroxylation is 1. The van der Waals surface area contributed by atoms with E-state index >= 15 is 0 Å². The summed E-state index contributed by atoms with van der Waals surface area (Å²) in [5.41, 5.74) is 2.87. The summed E-state index contributed by atoms with van der Waals surface area (Å²) in [4.78, 5) is 16.3. The van der Waals surface area contributed by atoms with E-state index in [1.807, 2.05) is 19.2 Å². The third kappa shape index (κ3) is 4.03. The number of rotatable bonds is 5. The van der Waals surface area contributed by atoms with Gasteiger partial charge < -0.3 is 5.32 Å². The van der Waals surface area contributed by atoms with Gasteiger partial charge in [0.05, 0.1) is 12.1 Å². The van der Waals surface area contributed by atoms with Crippen molar-refractivity contribution in [2.75, 3.05) is 0 Å². The van der Waals surface area contributed by atoms with Crippen LogP contribution in [0.2, 0.25) is 5.02 Å². The van der Waals surface area contributed by atoms with Crippen LogP contribution >= 0.6 is 11.6 Å². The van der Waals surface area contributed by atoms with Gasteiger partial charge in [0.15, 0.2) is 0 Å². The highest BCUT2D eigenvalue weighted by Crippen LogP contribution is 2.20. The Balaban J connectivity index is 1.66. The Morgan fingerprint density at radius 2 is 2.16 bits per heavy atom. The Morgan fingerprint density at radius 1 is 1.32 bits per heavy atom. The molecule has 0 unspecified atom stereocenters. The van der Waals surface area contributed by atoms with Gasteiger partial charge in [-0.1, -0.05) is 17.7 Å². The highest BCUT2D eigenvalue weighted by atomic mass is 35.5. The van der Waals surface area contributed by atoms with E-state index in [1.165, 1.54) is 12.1 Å². The van der Waals surface area contributed by atoms with Crippen molar-refractivity contribution in [2.24, 2.45) is 7.05 Å². The van der Waals surface area contributed by atoms with E-state index in [4.69, 9.17) is 11.6 Å². The van der Waals surface area contributed by atoms with Gasteiger partial charge in [0.25, 0.3) is 0 Å². The molecule has 0 aliphatic rings. The highest BCUT2D eigenvalue weighted by Gasteiger charge is 2.12. The van der Waals surface area contributed by atoms with Crippen LogP contribution < -0.4 is 5.32 Å². The maximum atomic E-state index is 13.7. The minimum Gasteiger partial charge on any atom is -0.352 e. The van der Waals surface area contributed by atoms with Crippen molar-refractivity contribution in [3.8, 4) is 11.3 Å². The number of hydrogen-bond donors (Lipinski definition) is 1. The molecule has 3 aromatic rings. The maximum absolute atomic E-state index is 13.7. The van der Waals surface area contributed by atoms with Gasteiger partial charge in [-0.3, -0.25) is 14.5 Å². The average Bonchev–Trinajstić information content (AvgIpc) is 3.03. The molecule has 7 heteroatoms. The Labute approximate surface area is 149 Å². The van der Waals surface area contributed by atoms with Gasteiger partial charge in [-0.15, -0.1) is 0 Å². The van der Waals surface area contributed by atoms with Crippen molar-refractivity contribution in [3.63, 3.8) is 0 Å². The summed E-state index contributed by atoms with van der Waals surface area (Å²) in [7, 11) is 1.85. The fourth-order valence-electron chi connectivity index (χ4n) is 2.51. The number of carbonyl (C=O) groups excluding carboxylic acids is 1. The van der Waals surface area contributed by atoms with Crippen molar-refractivity contribution < 1.29 is 9.18 Å². The zero-order chi connectivity index (χ0) is 17.8. The van der Waals surface area contributed by atoms with Crippen molar-refractivity contribution in [2.45, 2.75) is 13.0 Å². The third-order valence-electron chi connectivity index (χ3n) is 3.80. The number of benzene rings is 1. The molecule has 1 amide bonds. The lowest BCUT2D eigenvalue weighted by Gasteiger charge is -2.09. The summed E-state index contributed by atoms with van der Waals surface area (Å²) < 4.78 is 15.5. The zero-order valence-corrected chi connectivity index (χ0v) is 14.3. The number of nitrogens with one attached hydrogen (secondary N) is 1. The zero-order valence-electron chi connectivity index (χ0n) is 13.5. The molecule has 5 nitrogen and oxygen atoms in total. The maximum Gasteiger partial charge on any atom is 0.224 e. The number of nitrogens with zero attached hydrogens (tertiary/aromatic N) is 3. The molecule has 1 aromatic carbocycles. The Hall–Kier alpha value is -2.73. The van der Waals surface area contributed by atoms with E-state index in [1.54, 1.807) is 29.3 Å². The van der Waals surface area contributed by atoms with Crippen molar-refractivity contribution in [1.29, 1.82) is 0 Å². The fraction of sp³-hybridized carbons (Fsp3) is 0.167. The van der Waals surface area contributed by atoms with Crippen LogP contribution in [0.1, 0.15) is 11.1 Å². The van der Waals surface area contributed by atoms with Gasteiger partial charge in [-0.2, -0.15) is 5.10 Å². The Bertz CT molecular complexity index is 889. The summed E-state index contributed by atoms with van der Waals surface area (Å²) in [6.07, 6.45) is 5.01. The van der Waals surface area contributed by atoms with Gasteiger partial charge in [0.1, 0.15) is 5.82 Å². The van der Waals surface area contributed by atoms with Crippen LogP contribution in [0.4, 0.5) is 4.39 Å². The predicted octanol–water partition coefficient (Wildman–Crippen LogP) is 3.13. The molecule has 2 heterocycles. The van der Waals surface area contributed by atoms with Crippen LogP contribution in [-0.4, -0.2) is 20.7 Å². The smallest absolute Gasteiger partial charge is 0.224 e. The molecular formula is C18H16ClFN4O. The fourth-order valence-corrected chi connectivity index (χ4v) is 2.74. The van der Waals surface area contributed by atoms with Crippen molar-refractivity contribution >= 4 is 17.5 Å². The van der Waals surface area contributed by atoms with E-state index in [0.29, 0.717) is 6.54 Å². The molecule has 2 aromatic heterocycles. The van der Waals surface area contributed by atoms with Gasteiger partial charge in [0, 0.05) is 48.3 Å². The number of amides is 1. The Morgan fingerprint density at radius 3 is 2.88 bits per heavy atom. The Kier molecular flexibility index (Phi) is 5.09. The van der Waals surface area contributed by atoms with Gasteiger partial charge in [0.2, 0.25) is 5.91 Å². The second-order valence-corrected chi connectivity index (χ2v) is 5.98. The average molecular weight is 359 g/mol. The summed E-state index contributed by atoms with van der Waals surface area (Å²) in [5, 5.41) is 7.14. The first kappa shape index (κ1) is 17.1. The van der Waals surface area contributed by atoms with Crippen molar-refractivity contribution in [1.82, 2.24) is 20.1 Å². The van der Waals surface area contributed by atoms with E-state index in [0.717, 1.165) is 16.8 Å². The lowest BCUT2D eigenvalue weighted by molar-refractivity contribution is -0.120. The van der Waals surface area contributed by atoms with Gasteiger partial charge in [-0.25, -0.2) is 4.39 Å². The molecule has 1 N–H and O–H groups in total. The first-order valence-corrected chi connectivity index (χ1v) is 8.04. The van der Waals surface area contributed by atoms with Crippen LogP contribution in [0.25, 0.3) is 11.3 Å². The molecule has 3 rings (SSSR count). The first-order chi connectivity index (χ1) is 12.0. The van der Waals surface area contributed by atoms with Crippen LogP contribution in [0.15, 0.2) is 48.9 Å². The summed E-state index contributed by atoms with van der Waals surface area (Å²) in [6, 6.07) is 8.18. The van der Waals surface area contributed by atoms with E-state index in [2.05, 4.69) is 15.4 Å². The highest BCUT2D eigenvalue weighted by molar-refractivity contribution is 6.31. The topological polar surface area (TPSA) is 59.8 Å². The molecule has 25 heavy (non-hydrogen) atoms. The number of pyridine rings is 1. The summed E-state index contributed by atoms with van der Waals surface area (Å²) >= 11 is 5.95. The summed E-state index contributed by atoms with van der Waals surface area (Å²) in [5.74, 6) is -0.791. The number of hydrogen-bond acceptors (Lipinski definition) is 3. The van der Waals surface area contributed by atoms with Crippen LogP contribution in [0.5, 0.6) is 0 Å². The minimum atomic E-state index is -0.484. The molecule has 0 bridgehead atoms. The number of aromatic nitrogens is 3. The molecule has 0 saturated heterocycles. The normalized spacial score (nSPS) is 10.7. The van der Waals surface area contributed by atoms with E-state index in [9.17, 15) is 9.18 Å². The molecule has 0 aliphatic carbocycles. The standard InChI is InChI=1S/C18H16ClFN4O/c1-24-17(5-6-23-24)13-7-12(9-21-11-13)10-22-18(25)8-14-15(19)3-2-4-16(14)20/h2-7,9,11H,8,10H2,1H3,(H,22,25). The molecule has 0 radical (unpaired) electrons. The van der Waals surface area contributed by atoms with Gasteiger partial charge >= 0.3 is 0 Å². The minimum absolute atomic E-state index is 0.111. The molecular weight excluding hydrogens is 343 g/mol. The van der Waals surface area contributed by atoms with Crippen LogP contribution in [0, 0.1) is 5.82 Å².